The van der Waals surface area contributed by atoms with Crippen molar-refractivity contribution in [1.82, 2.24) is 0 Å². The number of hydrogen-bond donors (Lipinski definition) is 1. The van der Waals surface area contributed by atoms with E-state index in [4.69, 9.17) is 5.14 Å². The monoisotopic (exact) mass is 263 g/mol. The van der Waals surface area contributed by atoms with Gasteiger partial charge in [0.05, 0.1) is 0 Å². The Kier molecular flexibility index (Phi) is 3.36. The quantitative estimate of drug-likeness (QED) is 0.923. The molecular formula is C13H13NO3S. The van der Waals surface area contributed by atoms with Crippen molar-refractivity contribution in [2.45, 2.75) is 6.92 Å². The molecule has 2 aromatic rings. The van der Waals surface area contributed by atoms with Crippen molar-refractivity contribution in [3.05, 3.63) is 54.1 Å². The van der Waals surface area contributed by atoms with E-state index in [2.05, 4.69) is 4.18 Å². The molecule has 0 aliphatic carbocycles. The highest BCUT2D eigenvalue weighted by Gasteiger charge is 2.05. The Labute approximate surface area is 106 Å². The van der Waals surface area contributed by atoms with E-state index < -0.39 is 10.3 Å². The fraction of sp³-hybridized carbons (Fsp3) is 0.0769. The van der Waals surface area contributed by atoms with E-state index in [1.807, 2.05) is 31.2 Å². The van der Waals surface area contributed by atoms with Gasteiger partial charge in [0.25, 0.3) is 0 Å². The van der Waals surface area contributed by atoms with E-state index in [0.29, 0.717) is 0 Å². The van der Waals surface area contributed by atoms with Crippen LogP contribution in [0.25, 0.3) is 11.1 Å². The standard InChI is InChI=1S/C13H13NO3S/c1-10-4-2-3-5-13(10)11-6-8-12(9-7-11)17-18(14,15)16/h2-9H,1H3,(H2,14,15,16). The van der Waals surface area contributed by atoms with Gasteiger partial charge in [-0.25, -0.2) is 0 Å². The minimum atomic E-state index is -3.96. The highest BCUT2D eigenvalue weighted by Crippen LogP contribution is 2.25. The van der Waals surface area contributed by atoms with Crippen LogP contribution in [0.15, 0.2) is 48.5 Å². The summed E-state index contributed by atoms with van der Waals surface area (Å²) in [5.41, 5.74) is 3.24. The third kappa shape index (κ3) is 3.09. The van der Waals surface area contributed by atoms with Gasteiger partial charge in [0.1, 0.15) is 5.75 Å². The molecule has 18 heavy (non-hydrogen) atoms. The first-order valence-electron chi connectivity index (χ1n) is 5.34. The molecule has 0 saturated carbocycles. The lowest BCUT2D eigenvalue weighted by Gasteiger charge is -2.07. The average Bonchev–Trinajstić information content (AvgIpc) is 2.29. The molecule has 0 aromatic heterocycles. The molecule has 0 saturated heterocycles. The van der Waals surface area contributed by atoms with Gasteiger partial charge < -0.3 is 4.18 Å². The molecule has 5 heteroatoms. The molecule has 2 rings (SSSR count). The molecule has 0 aliphatic heterocycles. The lowest BCUT2D eigenvalue weighted by molar-refractivity contribution is 0.488. The molecule has 0 atom stereocenters. The Balaban J connectivity index is 2.31. The first-order valence-corrected chi connectivity index (χ1v) is 6.81. The summed E-state index contributed by atoms with van der Waals surface area (Å²) >= 11 is 0. The zero-order chi connectivity index (χ0) is 13.2. The van der Waals surface area contributed by atoms with Crippen LogP contribution in [0.5, 0.6) is 5.75 Å². The molecular weight excluding hydrogens is 250 g/mol. The topological polar surface area (TPSA) is 69.4 Å². The van der Waals surface area contributed by atoms with Crippen LogP contribution in [0.3, 0.4) is 0 Å². The summed E-state index contributed by atoms with van der Waals surface area (Å²) in [7, 11) is -3.96. The molecule has 0 fully saturated rings. The predicted molar refractivity (Wildman–Crippen MR) is 70.4 cm³/mol. The Morgan fingerprint density at radius 1 is 1.00 bits per heavy atom. The highest BCUT2D eigenvalue weighted by molar-refractivity contribution is 7.84. The van der Waals surface area contributed by atoms with Gasteiger partial charge in [-0.3, -0.25) is 0 Å². The summed E-state index contributed by atoms with van der Waals surface area (Å²) in [4.78, 5) is 0. The summed E-state index contributed by atoms with van der Waals surface area (Å²) in [6.07, 6.45) is 0. The van der Waals surface area contributed by atoms with Gasteiger partial charge in [0, 0.05) is 0 Å². The lowest BCUT2D eigenvalue weighted by atomic mass is 10.0. The number of hydrogen-bond acceptors (Lipinski definition) is 3. The fourth-order valence-electron chi connectivity index (χ4n) is 1.72. The molecule has 0 spiro atoms. The van der Waals surface area contributed by atoms with E-state index in [0.717, 1.165) is 16.7 Å². The van der Waals surface area contributed by atoms with Crippen LogP contribution in [-0.2, 0) is 10.3 Å². The number of rotatable bonds is 3. The maximum atomic E-state index is 10.8. The molecule has 0 radical (unpaired) electrons. The molecule has 2 N–H and O–H groups in total. The van der Waals surface area contributed by atoms with Gasteiger partial charge in [-0.15, -0.1) is 0 Å². The summed E-state index contributed by atoms with van der Waals surface area (Å²) in [5, 5.41) is 4.79. The van der Waals surface area contributed by atoms with E-state index >= 15 is 0 Å². The normalized spacial score (nSPS) is 11.2. The second kappa shape index (κ2) is 4.80. The Morgan fingerprint density at radius 2 is 1.61 bits per heavy atom. The number of nitrogens with two attached hydrogens (primary N) is 1. The van der Waals surface area contributed by atoms with Crippen LogP contribution in [0.4, 0.5) is 0 Å². The zero-order valence-corrected chi connectivity index (χ0v) is 10.6. The van der Waals surface area contributed by atoms with Gasteiger partial charge in [0.15, 0.2) is 0 Å². The van der Waals surface area contributed by atoms with Crippen LogP contribution in [0, 0.1) is 6.92 Å². The molecule has 0 heterocycles. The van der Waals surface area contributed by atoms with Gasteiger partial charge in [-0.05, 0) is 35.7 Å². The van der Waals surface area contributed by atoms with Crippen molar-refractivity contribution >= 4 is 10.3 Å². The smallest absolute Gasteiger partial charge is 0.371 e. The van der Waals surface area contributed by atoms with Crippen LogP contribution in [0.2, 0.25) is 0 Å². The zero-order valence-electron chi connectivity index (χ0n) is 9.83. The largest absolute Gasteiger partial charge is 0.380 e. The maximum Gasteiger partial charge on any atom is 0.380 e. The molecule has 0 amide bonds. The minimum absolute atomic E-state index is 0.204. The van der Waals surface area contributed by atoms with Crippen LogP contribution in [0.1, 0.15) is 5.56 Å². The van der Waals surface area contributed by atoms with E-state index in [1.165, 1.54) is 0 Å². The molecule has 2 aromatic carbocycles. The highest BCUT2D eigenvalue weighted by atomic mass is 32.2. The van der Waals surface area contributed by atoms with Gasteiger partial charge in [-0.2, -0.15) is 13.6 Å². The first kappa shape index (κ1) is 12.6. The third-order valence-corrected chi connectivity index (χ3v) is 2.95. The van der Waals surface area contributed by atoms with E-state index in [-0.39, 0.29) is 5.75 Å². The lowest BCUT2D eigenvalue weighted by Crippen LogP contribution is -2.18. The first-order chi connectivity index (χ1) is 8.46. The summed E-state index contributed by atoms with van der Waals surface area (Å²) in [6.45, 7) is 2.02. The molecule has 4 nitrogen and oxygen atoms in total. The summed E-state index contributed by atoms with van der Waals surface area (Å²) in [6, 6.07) is 14.7. The van der Waals surface area contributed by atoms with Crippen molar-refractivity contribution < 1.29 is 12.6 Å². The number of benzene rings is 2. The minimum Gasteiger partial charge on any atom is -0.371 e. The second-order valence-electron chi connectivity index (χ2n) is 3.92. The van der Waals surface area contributed by atoms with E-state index in [9.17, 15) is 8.42 Å². The Morgan fingerprint density at radius 3 is 2.17 bits per heavy atom. The van der Waals surface area contributed by atoms with Gasteiger partial charge in [-0.1, -0.05) is 36.4 Å². The maximum absolute atomic E-state index is 10.8. The molecule has 0 aliphatic rings. The molecule has 0 bridgehead atoms. The summed E-state index contributed by atoms with van der Waals surface area (Å²) < 4.78 is 26.1. The summed E-state index contributed by atoms with van der Waals surface area (Å²) in [5.74, 6) is 0.204. The number of aryl methyl sites for hydroxylation is 1. The van der Waals surface area contributed by atoms with Crippen molar-refractivity contribution in [1.29, 1.82) is 0 Å². The van der Waals surface area contributed by atoms with E-state index in [1.54, 1.807) is 24.3 Å². The van der Waals surface area contributed by atoms with Gasteiger partial charge in [0.2, 0.25) is 0 Å². The van der Waals surface area contributed by atoms with Gasteiger partial charge >= 0.3 is 10.3 Å². The average molecular weight is 263 g/mol. The van der Waals surface area contributed by atoms with Crippen LogP contribution < -0.4 is 9.32 Å². The van der Waals surface area contributed by atoms with Crippen molar-refractivity contribution in [2.24, 2.45) is 5.14 Å². The van der Waals surface area contributed by atoms with Crippen molar-refractivity contribution in [2.75, 3.05) is 0 Å². The van der Waals surface area contributed by atoms with Crippen molar-refractivity contribution in [3.63, 3.8) is 0 Å². The van der Waals surface area contributed by atoms with Crippen LogP contribution in [-0.4, -0.2) is 8.42 Å². The molecule has 94 valence electrons. The molecule has 0 unspecified atom stereocenters. The van der Waals surface area contributed by atoms with Crippen molar-refractivity contribution in [3.8, 4) is 16.9 Å². The van der Waals surface area contributed by atoms with Crippen LogP contribution >= 0.6 is 0 Å². The predicted octanol–water partition coefficient (Wildman–Crippen LogP) is 2.24. The third-order valence-electron chi connectivity index (χ3n) is 2.52. The fourth-order valence-corrected chi connectivity index (χ4v) is 2.10. The Bertz CT molecular complexity index is 648. The SMILES string of the molecule is Cc1ccccc1-c1ccc(OS(N)(=O)=O)cc1. The second-order valence-corrected chi connectivity index (χ2v) is 5.07. The Hall–Kier alpha value is -1.85.